The van der Waals surface area contributed by atoms with E-state index in [9.17, 15) is 5.11 Å². The van der Waals surface area contributed by atoms with Crippen LogP contribution in [-0.4, -0.2) is 27.7 Å². The van der Waals surface area contributed by atoms with E-state index in [0.717, 1.165) is 28.9 Å². The van der Waals surface area contributed by atoms with Crippen molar-refractivity contribution in [2.75, 3.05) is 11.9 Å². The number of nitrogens with zero attached hydrogens (tertiary/aromatic N) is 2. The van der Waals surface area contributed by atoms with Crippen LogP contribution in [0, 0.1) is 13.8 Å². The number of anilines is 1. The van der Waals surface area contributed by atoms with Gasteiger partial charge in [-0.15, -0.1) is 11.3 Å². The number of fused-ring (bicyclic) bond motifs is 1. The number of aliphatic hydroxyl groups is 1. The number of nitrogens with one attached hydrogen (secondary N) is 1. The third kappa shape index (κ3) is 3.39. The third-order valence-electron chi connectivity index (χ3n) is 4.73. The van der Waals surface area contributed by atoms with Gasteiger partial charge in [-0.3, -0.25) is 0 Å². The monoisotopic (exact) mass is 355 g/mol. The topological polar surface area (TPSA) is 58.0 Å². The lowest BCUT2D eigenvalue weighted by molar-refractivity contribution is 0.271. The third-order valence-corrected chi connectivity index (χ3v) is 5.97. The van der Waals surface area contributed by atoms with E-state index >= 15 is 0 Å². The molecule has 4 nitrogen and oxygen atoms in total. The summed E-state index contributed by atoms with van der Waals surface area (Å²) < 4.78 is 0. The molecule has 0 bridgehead atoms. The average Bonchev–Trinajstić information content (AvgIpc) is 3.01. The van der Waals surface area contributed by atoms with Gasteiger partial charge in [-0.1, -0.05) is 32.0 Å². The Morgan fingerprint density at radius 1 is 1.16 bits per heavy atom. The molecule has 0 spiro atoms. The van der Waals surface area contributed by atoms with Crippen LogP contribution in [0.1, 0.15) is 36.3 Å². The molecule has 0 aliphatic rings. The van der Waals surface area contributed by atoms with E-state index in [1.807, 2.05) is 0 Å². The van der Waals surface area contributed by atoms with Crippen molar-refractivity contribution in [3.05, 3.63) is 40.5 Å². The number of hydrogen-bond donors (Lipinski definition) is 2. The van der Waals surface area contributed by atoms with E-state index in [4.69, 9.17) is 0 Å². The Morgan fingerprint density at radius 2 is 1.96 bits per heavy atom. The summed E-state index contributed by atoms with van der Waals surface area (Å²) in [6.07, 6.45) is 3.40. The first-order chi connectivity index (χ1) is 12.1. The van der Waals surface area contributed by atoms with Crippen molar-refractivity contribution in [2.45, 2.75) is 46.6 Å². The molecule has 0 saturated carbocycles. The number of aromatic nitrogens is 2. The summed E-state index contributed by atoms with van der Waals surface area (Å²) >= 11 is 1.73. The second-order valence-electron chi connectivity index (χ2n) is 6.39. The molecule has 1 unspecified atom stereocenters. The van der Waals surface area contributed by atoms with E-state index in [-0.39, 0.29) is 12.6 Å². The predicted molar refractivity (Wildman–Crippen MR) is 106 cm³/mol. The van der Waals surface area contributed by atoms with Crippen LogP contribution in [0.15, 0.2) is 24.5 Å². The Kier molecular flexibility index (Phi) is 5.35. The van der Waals surface area contributed by atoms with Crippen molar-refractivity contribution in [1.29, 1.82) is 0 Å². The van der Waals surface area contributed by atoms with Gasteiger partial charge in [0.2, 0.25) is 0 Å². The van der Waals surface area contributed by atoms with Crippen molar-refractivity contribution >= 4 is 27.4 Å². The minimum Gasteiger partial charge on any atom is -0.394 e. The van der Waals surface area contributed by atoms with Crippen molar-refractivity contribution in [2.24, 2.45) is 0 Å². The zero-order valence-electron chi connectivity index (χ0n) is 15.3. The molecule has 0 fully saturated rings. The Labute approximate surface area is 153 Å². The molecule has 0 radical (unpaired) electrons. The standard InChI is InChI=1S/C20H25N3OS/c1-5-15(10-24)23-19-18-17(14-8-7-12(3)13(4)9-14)16(6-2)25-20(18)22-11-21-19/h7-9,11,15,24H,5-6,10H2,1-4H3,(H,21,22,23). The Morgan fingerprint density at radius 3 is 2.60 bits per heavy atom. The lowest BCUT2D eigenvalue weighted by Crippen LogP contribution is -2.23. The summed E-state index contributed by atoms with van der Waals surface area (Å²) in [7, 11) is 0. The van der Waals surface area contributed by atoms with E-state index in [0.29, 0.717) is 0 Å². The Balaban J connectivity index is 2.23. The quantitative estimate of drug-likeness (QED) is 0.672. The van der Waals surface area contributed by atoms with Crippen LogP contribution in [0.3, 0.4) is 0 Å². The zero-order valence-corrected chi connectivity index (χ0v) is 16.1. The first-order valence-corrected chi connectivity index (χ1v) is 9.62. The summed E-state index contributed by atoms with van der Waals surface area (Å²) in [5.74, 6) is 0.815. The number of aliphatic hydroxyl groups excluding tert-OH is 1. The second kappa shape index (κ2) is 7.50. The number of rotatable bonds is 6. The normalized spacial score (nSPS) is 12.5. The molecule has 3 aromatic rings. The van der Waals surface area contributed by atoms with Crippen molar-refractivity contribution < 1.29 is 5.11 Å². The largest absolute Gasteiger partial charge is 0.394 e. The number of hydrogen-bond acceptors (Lipinski definition) is 5. The molecule has 25 heavy (non-hydrogen) atoms. The average molecular weight is 356 g/mol. The van der Waals surface area contributed by atoms with Crippen molar-refractivity contribution in [3.8, 4) is 11.1 Å². The van der Waals surface area contributed by atoms with Crippen LogP contribution < -0.4 is 5.32 Å². The SMILES string of the molecule is CCc1sc2ncnc(NC(CC)CO)c2c1-c1ccc(C)c(C)c1. The first-order valence-electron chi connectivity index (χ1n) is 8.80. The van der Waals surface area contributed by atoms with Crippen LogP contribution in [0.2, 0.25) is 0 Å². The van der Waals surface area contributed by atoms with Crippen LogP contribution in [-0.2, 0) is 6.42 Å². The van der Waals surface area contributed by atoms with Gasteiger partial charge in [-0.25, -0.2) is 9.97 Å². The van der Waals surface area contributed by atoms with Gasteiger partial charge >= 0.3 is 0 Å². The maximum atomic E-state index is 9.56. The van der Waals surface area contributed by atoms with Gasteiger partial charge in [0.1, 0.15) is 17.0 Å². The van der Waals surface area contributed by atoms with Gasteiger partial charge in [0.25, 0.3) is 0 Å². The summed E-state index contributed by atoms with van der Waals surface area (Å²) in [5, 5.41) is 14.0. The fourth-order valence-electron chi connectivity index (χ4n) is 3.01. The molecule has 1 atom stereocenters. The highest BCUT2D eigenvalue weighted by molar-refractivity contribution is 7.19. The van der Waals surface area contributed by atoms with E-state index in [2.05, 4.69) is 61.2 Å². The molecule has 2 N–H and O–H groups in total. The van der Waals surface area contributed by atoms with Gasteiger partial charge in [0.15, 0.2) is 0 Å². The molecular weight excluding hydrogens is 330 g/mol. The van der Waals surface area contributed by atoms with Gasteiger partial charge in [-0.05, 0) is 43.4 Å². The molecule has 5 heteroatoms. The zero-order chi connectivity index (χ0) is 18.0. The lowest BCUT2D eigenvalue weighted by Gasteiger charge is -2.16. The van der Waals surface area contributed by atoms with Crippen LogP contribution in [0.25, 0.3) is 21.3 Å². The molecule has 2 heterocycles. The Hall–Kier alpha value is -1.98. The fraction of sp³-hybridized carbons (Fsp3) is 0.400. The molecule has 2 aromatic heterocycles. The van der Waals surface area contributed by atoms with E-state index in [1.165, 1.54) is 27.1 Å². The smallest absolute Gasteiger partial charge is 0.139 e. The molecule has 0 aliphatic carbocycles. The highest BCUT2D eigenvalue weighted by Gasteiger charge is 2.19. The molecule has 1 aromatic carbocycles. The highest BCUT2D eigenvalue weighted by Crippen LogP contribution is 2.41. The van der Waals surface area contributed by atoms with Gasteiger partial charge < -0.3 is 10.4 Å². The minimum absolute atomic E-state index is 0.00400. The lowest BCUT2D eigenvalue weighted by atomic mass is 9.98. The van der Waals surface area contributed by atoms with E-state index < -0.39 is 0 Å². The summed E-state index contributed by atoms with van der Waals surface area (Å²) in [6.45, 7) is 8.61. The number of benzene rings is 1. The highest BCUT2D eigenvalue weighted by atomic mass is 32.1. The molecule has 132 valence electrons. The second-order valence-corrected chi connectivity index (χ2v) is 7.47. The summed E-state index contributed by atoms with van der Waals surface area (Å²) in [4.78, 5) is 11.3. The van der Waals surface area contributed by atoms with Gasteiger partial charge in [0.05, 0.1) is 18.0 Å². The van der Waals surface area contributed by atoms with Crippen molar-refractivity contribution in [1.82, 2.24) is 9.97 Å². The molecule has 0 saturated heterocycles. The minimum atomic E-state index is -0.00400. The Bertz CT molecular complexity index is 884. The molecular formula is C20H25N3OS. The number of aryl methyl sites for hydroxylation is 3. The van der Waals surface area contributed by atoms with E-state index in [1.54, 1.807) is 17.7 Å². The first kappa shape index (κ1) is 17.8. The van der Waals surface area contributed by atoms with Crippen LogP contribution in [0.5, 0.6) is 0 Å². The van der Waals surface area contributed by atoms with Gasteiger partial charge in [0, 0.05) is 10.4 Å². The van der Waals surface area contributed by atoms with Crippen LogP contribution in [0.4, 0.5) is 5.82 Å². The molecule has 0 aliphatic heterocycles. The fourth-order valence-corrected chi connectivity index (χ4v) is 4.11. The summed E-state index contributed by atoms with van der Waals surface area (Å²) in [6, 6.07) is 6.60. The van der Waals surface area contributed by atoms with Gasteiger partial charge in [-0.2, -0.15) is 0 Å². The molecule has 3 rings (SSSR count). The van der Waals surface area contributed by atoms with Crippen LogP contribution >= 0.6 is 11.3 Å². The predicted octanol–water partition coefficient (Wildman–Crippen LogP) is 4.72. The maximum absolute atomic E-state index is 9.56. The molecule has 0 amide bonds. The maximum Gasteiger partial charge on any atom is 0.139 e. The van der Waals surface area contributed by atoms with Crippen molar-refractivity contribution in [3.63, 3.8) is 0 Å². The number of thiophene rings is 1. The summed E-state index contributed by atoms with van der Waals surface area (Å²) in [5.41, 5.74) is 5.01.